The van der Waals surface area contributed by atoms with E-state index in [1.807, 2.05) is 13.8 Å². The third-order valence-electron chi connectivity index (χ3n) is 7.99. The molecule has 3 aliphatic carbocycles. The first-order valence-corrected chi connectivity index (χ1v) is 11.7. The number of hydrogen-bond donors (Lipinski definition) is 2. The molecule has 0 aromatic rings. The number of fused-ring (bicyclic) bond motifs is 1. The van der Waals surface area contributed by atoms with Crippen LogP contribution in [0.1, 0.15) is 97.8 Å². The Bertz CT molecular complexity index is 621. The second-order valence-electron chi connectivity index (χ2n) is 10.6. The SMILES string of the molecule is C=C1/C(=C\C=C2/CCCC3(C)C2CC[C@@H]3CCCCC(C)(C)O)CCCC1O. The van der Waals surface area contributed by atoms with Crippen LogP contribution in [0.2, 0.25) is 0 Å². The number of allylic oxidation sites excluding steroid dienone is 3. The molecular weight excluding hydrogens is 344 g/mol. The van der Waals surface area contributed by atoms with Crippen molar-refractivity contribution in [2.45, 2.75) is 110 Å². The van der Waals surface area contributed by atoms with Crippen LogP contribution in [0.5, 0.6) is 0 Å². The van der Waals surface area contributed by atoms with E-state index in [0.717, 1.165) is 49.5 Å². The normalized spacial score (nSPS) is 36.9. The first-order valence-electron chi connectivity index (χ1n) is 11.7. The van der Waals surface area contributed by atoms with E-state index in [1.165, 1.54) is 50.5 Å². The smallest absolute Gasteiger partial charge is 0.0787 e. The van der Waals surface area contributed by atoms with E-state index in [4.69, 9.17) is 0 Å². The second-order valence-corrected chi connectivity index (χ2v) is 10.6. The minimum absolute atomic E-state index is 0.338. The Morgan fingerprint density at radius 2 is 1.89 bits per heavy atom. The summed E-state index contributed by atoms with van der Waals surface area (Å²) in [6.07, 6.45) is 18.6. The fourth-order valence-corrected chi connectivity index (χ4v) is 6.20. The van der Waals surface area contributed by atoms with E-state index in [1.54, 1.807) is 5.57 Å². The van der Waals surface area contributed by atoms with E-state index in [9.17, 15) is 10.2 Å². The van der Waals surface area contributed by atoms with Crippen molar-refractivity contribution in [3.8, 4) is 0 Å². The number of aliphatic hydroxyl groups is 2. The predicted octanol–water partition coefficient (Wildman–Crippen LogP) is 6.49. The largest absolute Gasteiger partial charge is 0.390 e. The first-order chi connectivity index (χ1) is 13.2. The van der Waals surface area contributed by atoms with E-state index >= 15 is 0 Å². The fourth-order valence-electron chi connectivity index (χ4n) is 6.20. The molecule has 3 unspecified atom stereocenters. The average molecular weight is 387 g/mol. The molecule has 3 rings (SSSR count). The molecule has 2 N–H and O–H groups in total. The summed E-state index contributed by atoms with van der Waals surface area (Å²) in [7, 11) is 0. The zero-order valence-corrected chi connectivity index (χ0v) is 18.5. The molecule has 0 aliphatic heterocycles. The van der Waals surface area contributed by atoms with Crippen LogP contribution in [0.4, 0.5) is 0 Å². The van der Waals surface area contributed by atoms with Crippen molar-refractivity contribution in [1.82, 2.24) is 0 Å². The van der Waals surface area contributed by atoms with Crippen molar-refractivity contribution in [1.29, 1.82) is 0 Å². The molecule has 3 saturated carbocycles. The molecule has 3 fully saturated rings. The molecule has 3 aliphatic rings. The zero-order valence-electron chi connectivity index (χ0n) is 18.5. The lowest BCUT2D eigenvalue weighted by Gasteiger charge is -2.42. The van der Waals surface area contributed by atoms with Crippen LogP contribution in [-0.4, -0.2) is 21.9 Å². The molecule has 0 bridgehead atoms. The minimum Gasteiger partial charge on any atom is -0.390 e. The first kappa shape index (κ1) is 21.8. The highest BCUT2D eigenvalue weighted by atomic mass is 16.3. The van der Waals surface area contributed by atoms with Crippen LogP contribution in [-0.2, 0) is 0 Å². The molecular formula is C26H42O2. The van der Waals surface area contributed by atoms with Gasteiger partial charge < -0.3 is 10.2 Å². The summed E-state index contributed by atoms with van der Waals surface area (Å²) in [4.78, 5) is 0. The van der Waals surface area contributed by atoms with Crippen molar-refractivity contribution >= 4 is 0 Å². The Morgan fingerprint density at radius 1 is 1.11 bits per heavy atom. The van der Waals surface area contributed by atoms with Gasteiger partial charge in [0.05, 0.1) is 11.7 Å². The van der Waals surface area contributed by atoms with Crippen molar-refractivity contribution < 1.29 is 10.2 Å². The second kappa shape index (κ2) is 8.88. The maximum absolute atomic E-state index is 10.1. The van der Waals surface area contributed by atoms with Gasteiger partial charge in [-0.2, -0.15) is 0 Å². The Morgan fingerprint density at radius 3 is 2.64 bits per heavy atom. The molecule has 4 atom stereocenters. The highest BCUT2D eigenvalue weighted by Crippen LogP contribution is 2.58. The van der Waals surface area contributed by atoms with Gasteiger partial charge in [-0.05, 0) is 106 Å². The Balaban J connectivity index is 1.63. The fraction of sp³-hybridized carbons (Fsp3) is 0.769. The van der Waals surface area contributed by atoms with E-state index in [2.05, 4.69) is 25.7 Å². The summed E-state index contributed by atoms with van der Waals surface area (Å²) in [6.45, 7) is 10.5. The van der Waals surface area contributed by atoms with Gasteiger partial charge in [0.1, 0.15) is 0 Å². The minimum atomic E-state index is -0.521. The Hall–Kier alpha value is -0.860. The Labute approximate surface area is 172 Å². The summed E-state index contributed by atoms with van der Waals surface area (Å²) in [6, 6.07) is 0. The van der Waals surface area contributed by atoms with Gasteiger partial charge in [-0.3, -0.25) is 0 Å². The van der Waals surface area contributed by atoms with E-state index in [-0.39, 0.29) is 6.10 Å². The maximum atomic E-state index is 10.1. The highest BCUT2D eigenvalue weighted by molar-refractivity contribution is 5.37. The van der Waals surface area contributed by atoms with Gasteiger partial charge in [-0.25, -0.2) is 0 Å². The van der Waals surface area contributed by atoms with Crippen LogP contribution < -0.4 is 0 Å². The van der Waals surface area contributed by atoms with Crippen molar-refractivity contribution in [2.75, 3.05) is 0 Å². The van der Waals surface area contributed by atoms with Crippen LogP contribution in [0.15, 0.2) is 35.5 Å². The summed E-state index contributed by atoms with van der Waals surface area (Å²) >= 11 is 0. The van der Waals surface area contributed by atoms with E-state index in [0.29, 0.717) is 5.41 Å². The number of aliphatic hydroxyl groups excluding tert-OH is 1. The van der Waals surface area contributed by atoms with Crippen LogP contribution in [0.25, 0.3) is 0 Å². The zero-order chi connectivity index (χ0) is 20.4. The number of hydrogen-bond acceptors (Lipinski definition) is 2. The standard InChI is InChI=1S/C26H42O2/c1-19-20(9-7-12-24(19)27)13-14-21-10-8-18-26(4)22(15-16-23(21)26)11-5-6-17-25(2,3)28/h13-14,22-24,27-28H,1,5-12,15-18H2,2-4H3/b20-13-,21-14+/t22-,23?,24?,26?/m0/s1. The lowest BCUT2D eigenvalue weighted by atomic mass is 9.62. The van der Waals surface area contributed by atoms with Gasteiger partial charge in [-0.1, -0.05) is 44.1 Å². The van der Waals surface area contributed by atoms with Crippen molar-refractivity contribution in [2.24, 2.45) is 17.3 Å². The molecule has 0 heterocycles. The van der Waals surface area contributed by atoms with Crippen LogP contribution in [0, 0.1) is 17.3 Å². The Kier molecular flexibility index (Phi) is 6.92. The molecule has 28 heavy (non-hydrogen) atoms. The van der Waals surface area contributed by atoms with Gasteiger partial charge in [0.25, 0.3) is 0 Å². The number of rotatable bonds is 6. The molecule has 158 valence electrons. The molecule has 2 nitrogen and oxygen atoms in total. The van der Waals surface area contributed by atoms with Gasteiger partial charge in [0.15, 0.2) is 0 Å². The molecule has 0 aromatic carbocycles. The van der Waals surface area contributed by atoms with Gasteiger partial charge in [-0.15, -0.1) is 0 Å². The molecule has 0 saturated heterocycles. The summed E-state index contributed by atoms with van der Waals surface area (Å²) in [5.74, 6) is 1.57. The quantitative estimate of drug-likeness (QED) is 0.512. The third kappa shape index (κ3) is 5.00. The third-order valence-corrected chi connectivity index (χ3v) is 7.99. The molecule has 0 amide bonds. The topological polar surface area (TPSA) is 40.5 Å². The molecule has 2 heteroatoms. The van der Waals surface area contributed by atoms with Gasteiger partial charge >= 0.3 is 0 Å². The highest BCUT2D eigenvalue weighted by Gasteiger charge is 2.48. The lowest BCUT2D eigenvalue weighted by molar-refractivity contribution is 0.0660. The van der Waals surface area contributed by atoms with Crippen molar-refractivity contribution in [3.63, 3.8) is 0 Å². The summed E-state index contributed by atoms with van der Waals surface area (Å²) < 4.78 is 0. The summed E-state index contributed by atoms with van der Waals surface area (Å²) in [5, 5.41) is 20.0. The molecule has 0 radical (unpaired) electrons. The maximum Gasteiger partial charge on any atom is 0.0787 e. The van der Waals surface area contributed by atoms with Crippen LogP contribution in [0.3, 0.4) is 0 Å². The van der Waals surface area contributed by atoms with Crippen molar-refractivity contribution in [3.05, 3.63) is 35.5 Å². The monoisotopic (exact) mass is 386 g/mol. The molecule has 0 aromatic heterocycles. The predicted molar refractivity (Wildman–Crippen MR) is 118 cm³/mol. The average Bonchev–Trinajstić information content (AvgIpc) is 2.96. The summed E-state index contributed by atoms with van der Waals surface area (Å²) in [5.41, 5.74) is 3.79. The number of unbranched alkanes of at least 4 members (excludes halogenated alkanes) is 1. The van der Waals surface area contributed by atoms with Gasteiger partial charge in [0, 0.05) is 0 Å². The lowest BCUT2D eigenvalue weighted by Crippen LogP contribution is -2.33. The van der Waals surface area contributed by atoms with Crippen LogP contribution >= 0.6 is 0 Å². The van der Waals surface area contributed by atoms with E-state index < -0.39 is 5.60 Å². The van der Waals surface area contributed by atoms with Gasteiger partial charge in [0.2, 0.25) is 0 Å². The molecule has 0 spiro atoms.